The van der Waals surface area contributed by atoms with Crippen LogP contribution >= 0.6 is 0 Å². The van der Waals surface area contributed by atoms with Crippen molar-refractivity contribution < 1.29 is 4.79 Å². The highest BCUT2D eigenvalue weighted by atomic mass is 16.1. The van der Waals surface area contributed by atoms with E-state index in [-0.39, 0.29) is 11.4 Å². The number of amides is 1. The van der Waals surface area contributed by atoms with E-state index in [0.29, 0.717) is 5.56 Å². The lowest BCUT2D eigenvalue weighted by atomic mass is 9.71. The van der Waals surface area contributed by atoms with Crippen molar-refractivity contribution in [1.82, 2.24) is 15.1 Å². The standard InChI is InChI=1S/C32H35N5O/c1-24-14-16-32(17-15-24,37-20-18-36(19-21-37)27-10-3-2-4-11-27)25-8-7-9-26(22-25)34-31(38)29-23-33-35-30-13-6-5-12-28(29)30/h2-13,22-24H,14-21H2,1H3,(H,34,38)/t24-,32-. The molecule has 2 aliphatic rings. The number of nitrogens with zero attached hydrogens (tertiary/aromatic N) is 4. The van der Waals surface area contributed by atoms with Gasteiger partial charge in [-0.15, -0.1) is 0 Å². The van der Waals surface area contributed by atoms with E-state index < -0.39 is 0 Å². The molecule has 1 aliphatic carbocycles. The first-order valence-corrected chi connectivity index (χ1v) is 13.8. The normalized spacial score (nSPS) is 22.3. The minimum atomic E-state index is -0.156. The van der Waals surface area contributed by atoms with E-state index in [1.165, 1.54) is 24.1 Å². The summed E-state index contributed by atoms with van der Waals surface area (Å²) in [7, 11) is 0. The minimum Gasteiger partial charge on any atom is -0.369 e. The highest BCUT2D eigenvalue weighted by molar-refractivity contribution is 6.12. The van der Waals surface area contributed by atoms with Crippen molar-refractivity contribution in [3.05, 3.63) is 96.2 Å². The average molecular weight is 506 g/mol. The summed E-state index contributed by atoms with van der Waals surface area (Å²) in [5.74, 6) is 0.597. The largest absolute Gasteiger partial charge is 0.369 e. The Kier molecular flexibility index (Phi) is 6.81. The molecule has 194 valence electrons. The molecule has 0 radical (unpaired) electrons. The second kappa shape index (κ2) is 10.5. The van der Waals surface area contributed by atoms with E-state index in [1.54, 1.807) is 6.20 Å². The lowest BCUT2D eigenvalue weighted by Gasteiger charge is -2.51. The average Bonchev–Trinajstić information content (AvgIpc) is 2.98. The molecule has 1 saturated heterocycles. The Balaban J connectivity index is 1.25. The molecule has 0 unspecified atom stereocenters. The minimum absolute atomic E-state index is 0.000937. The van der Waals surface area contributed by atoms with Gasteiger partial charge in [0.15, 0.2) is 0 Å². The van der Waals surface area contributed by atoms with Gasteiger partial charge in [0.1, 0.15) is 0 Å². The highest BCUT2D eigenvalue weighted by Gasteiger charge is 2.42. The van der Waals surface area contributed by atoms with Gasteiger partial charge < -0.3 is 10.2 Å². The number of rotatable bonds is 5. The Morgan fingerprint density at radius 3 is 2.42 bits per heavy atom. The van der Waals surface area contributed by atoms with E-state index in [4.69, 9.17) is 0 Å². The van der Waals surface area contributed by atoms with E-state index in [2.05, 4.69) is 80.8 Å². The third-order valence-electron chi connectivity index (χ3n) is 8.56. The van der Waals surface area contributed by atoms with Gasteiger partial charge in [0.25, 0.3) is 5.91 Å². The fourth-order valence-electron chi connectivity index (χ4n) is 6.33. The summed E-state index contributed by atoms with van der Waals surface area (Å²) in [4.78, 5) is 18.5. The summed E-state index contributed by atoms with van der Waals surface area (Å²) in [6.07, 6.45) is 6.30. The monoisotopic (exact) mass is 505 g/mol. The van der Waals surface area contributed by atoms with Gasteiger partial charge in [-0.2, -0.15) is 10.2 Å². The highest BCUT2D eigenvalue weighted by Crippen LogP contribution is 2.45. The van der Waals surface area contributed by atoms with Gasteiger partial charge in [0.05, 0.1) is 17.3 Å². The smallest absolute Gasteiger partial charge is 0.257 e. The SMILES string of the molecule is C[C@H]1CC[C@](c2cccc(NC(=O)c3cnnc4ccccc34)c2)(N2CCN(c3ccccc3)CC2)CC1. The number of carbonyl (C=O) groups is 1. The number of nitrogens with one attached hydrogen (secondary N) is 1. The number of para-hydroxylation sites is 1. The summed E-state index contributed by atoms with van der Waals surface area (Å²) in [6, 6.07) is 26.9. The maximum atomic E-state index is 13.3. The Morgan fingerprint density at radius 1 is 0.895 bits per heavy atom. The second-order valence-corrected chi connectivity index (χ2v) is 10.8. The first kappa shape index (κ1) is 24.6. The third-order valence-corrected chi connectivity index (χ3v) is 8.56. The zero-order chi connectivity index (χ0) is 26.0. The van der Waals surface area contributed by atoms with Gasteiger partial charge in [-0.05, 0) is 67.5 Å². The fraction of sp³-hybridized carbons (Fsp3) is 0.344. The van der Waals surface area contributed by atoms with Crippen LogP contribution in [0.4, 0.5) is 11.4 Å². The third kappa shape index (κ3) is 4.76. The van der Waals surface area contributed by atoms with Crippen LogP contribution < -0.4 is 10.2 Å². The van der Waals surface area contributed by atoms with Gasteiger partial charge in [-0.25, -0.2) is 0 Å². The Bertz CT molecular complexity index is 1400. The summed E-state index contributed by atoms with van der Waals surface area (Å²) in [5, 5.41) is 12.2. The van der Waals surface area contributed by atoms with E-state index in [1.807, 2.05) is 30.3 Å². The maximum absolute atomic E-state index is 13.3. The number of hydrogen-bond acceptors (Lipinski definition) is 5. The summed E-state index contributed by atoms with van der Waals surface area (Å²) < 4.78 is 0. The first-order valence-electron chi connectivity index (χ1n) is 13.8. The molecular formula is C32H35N5O. The molecule has 0 spiro atoms. The van der Waals surface area contributed by atoms with Crippen molar-refractivity contribution in [3.63, 3.8) is 0 Å². The summed E-state index contributed by atoms with van der Waals surface area (Å²) in [5.41, 5.74) is 4.71. The Hall–Kier alpha value is -3.77. The Labute approximate surface area is 224 Å². The van der Waals surface area contributed by atoms with Gasteiger partial charge in [-0.1, -0.05) is 55.5 Å². The van der Waals surface area contributed by atoms with Gasteiger partial charge in [0, 0.05) is 48.5 Å². The molecule has 0 bridgehead atoms. The molecule has 1 saturated carbocycles. The molecule has 4 aromatic rings. The molecule has 1 amide bonds. The van der Waals surface area contributed by atoms with Crippen LogP contribution in [0.25, 0.3) is 10.9 Å². The fourth-order valence-corrected chi connectivity index (χ4v) is 6.33. The van der Waals surface area contributed by atoms with Crippen LogP contribution in [0.3, 0.4) is 0 Å². The molecular weight excluding hydrogens is 470 g/mol. The number of anilines is 2. The topological polar surface area (TPSA) is 61.4 Å². The Morgan fingerprint density at radius 2 is 1.63 bits per heavy atom. The first-order chi connectivity index (χ1) is 18.6. The van der Waals surface area contributed by atoms with E-state index in [0.717, 1.165) is 61.5 Å². The predicted octanol–water partition coefficient (Wildman–Crippen LogP) is 6.11. The molecule has 38 heavy (non-hydrogen) atoms. The number of aromatic nitrogens is 2. The number of carbonyl (C=O) groups excluding carboxylic acids is 1. The molecule has 2 fully saturated rings. The zero-order valence-electron chi connectivity index (χ0n) is 22.0. The van der Waals surface area contributed by atoms with Crippen molar-refractivity contribution in [1.29, 1.82) is 0 Å². The number of hydrogen-bond donors (Lipinski definition) is 1. The molecule has 0 atom stereocenters. The van der Waals surface area contributed by atoms with Gasteiger partial charge in [-0.3, -0.25) is 9.69 Å². The number of piperazine rings is 1. The van der Waals surface area contributed by atoms with Crippen LogP contribution in [-0.2, 0) is 5.54 Å². The van der Waals surface area contributed by atoms with Crippen molar-refractivity contribution in [2.45, 2.75) is 38.1 Å². The van der Waals surface area contributed by atoms with Crippen LogP contribution in [0.15, 0.2) is 85.1 Å². The van der Waals surface area contributed by atoms with Crippen LogP contribution in [-0.4, -0.2) is 47.2 Å². The van der Waals surface area contributed by atoms with Crippen LogP contribution in [0.1, 0.15) is 48.5 Å². The molecule has 3 aromatic carbocycles. The second-order valence-electron chi connectivity index (χ2n) is 10.8. The van der Waals surface area contributed by atoms with Crippen molar-refractivity contribution in [2.75, 3.05) is 36.4 Å². The molecule has 6 heteroatoms. The predicted molar refractivity (Wildman–Crippen MR) is 153 cm³/mol. The van der Waals surface area contributed by atoms with Crippen LogP contribution in [0.2, 0.25) is 0 Å². The molecule has 2 heterocycles. The number of fused-ring (bicyclic) bond motifs is 1. The van der Waals surface area contributed by atoms with Crippen molar-refractivity contribution >= 4 is 28.2 Å². The van der Waals surface area contributed by atoms with Gasteiger partial charge >= 0.3 is 0 Å². The van der Waals surface area contributed by atoms with Gasteiger partial charge in [0.2, 0.25) is 0 Å². The zero-order valence-corrected chi connectivity index (χ0v) is 22.0. The molecule has 1 N–H and O–H groups in total. The lowest BCUT2D eigenvalue weighted by molar-refractivity contribution is 0.0299. The van der Waals surface area contributed by atoms with E-state index in [9.17, 15) is 4.79 Å². The molecule has 6 rings (SSSR count). The molecule has 1 aromatic heterocycles. The molecule has 6 nitrogen and oxygen atoms in total. The maximum Gasteiger partial charge on any atom is 0.257 e. The summed E-state index contributed by atoms with van der Waals surface area (Å²) in [6.45, 7) is 6.50. The van der Waals surface area contributed by atoms with Crippen molar-refractivity contribution in [3.8, 4) is 0 Å². The quantitative estimate of drug-likeness (QED) is 0.355. The number of benzene rings is 3. The molecule has 1 aliphatic heterocycles. The lowest BCUT2D eigenvalue weighted by Crippen LogP contribution is -2.56. The van der Waals surface area contributed by atoms with Crippen LogP contribution in [0, 0.1) is 5.92 Å². The van der Waals surface area contributed by atoms with Crippen LogP contribution in [0.5, 0.6) is 0 Å². The van der Waals surface area contributed by atoms with E-state index >= 15 is 0 Å². The van der Waals surface area contributed by atoms with Crippen molar-refractivity contribution in [2.24, 2.45) is 5.92 Å². The summed E-state index contributed by atoms with van der Waals surface area (Å²) >= 11 is 0.